The monoisotopic (exact) mass is 349 g/mol. The number of nitrogens with one attached hydrogen (secondary N) is 1. The molecule has 1 N–H and O–H groups in total. The highest BCUT2D eigenvalue weighted by molar-refractivity contribution is 5.78. The Balaban J connectivity index is 1.33. The summed E-state index contributed by atoms with van der Waals surface area (Å²) in [7, 11) is 0. The van der Waals surface area contributed by atoms with Crippen molar-refractivity contribution in [2.45, 2.75) is 25.3 Å². The molecule has 0 radical (unpaired) electrons. The summed E-state index contributed by atoms with van der Waals surface area (Å²) in [5.74, 6) is 0.511. The van der Waals surface area contributed by atoms with Gasteiger partial charge in [0.15, 0.2) is 6.61 Å². The molecule has 7 heteroatoms. The molecule has 1 aliphatic rings. The number of aromatic nitrogens is 4. The van der Waals surface area contributed by atoms with E-state index in [0.29, 0.717) is 5.75 Å². The second-order valence-electron chi connectivity index (χ2n) is 6.25. The summed E-state index contributed by atoms with van der Waals surface area (Å²) in [6, 6.07) is 15.6. The molecule has 2 aromatic carbocycles. The summed E-state index contributed by atoms with van der Waals surface area (Å²) >= 11 is 0. The Bertz CT molecular complexity index is 877. The third kappa shape index (κ3) is 3.56. The molecule has 1 aliphatic carbocycles. The van der Waals surface area contributed by atoms with Gasteiger partial charge in [-0.2, -0.15) is 0 Å². The van der Waals surface area contributed by atoms with E-state index in [9.17, 15) is 4.79 Å². The molecule has 0 aliphatic heterocycles. The van der Waals surface area contributed by atoms with Gasteiger partial charge in [-0.3, -0.25) is 4.79 Å². The van der Waals surface area contributed by atoms with Crippen LogP contribution >= 0.6 is 0 Å². The number of rotatable bonds is 5. The fourth-order valence-electron chi connectivity index (χ4n) is 3.26. The molecule has 4 rings (SSSR count). The molecule has 1 heterocycles. The number of carbonyl (C=O) groups excluding carboxylic acids is 1. The normalized spacial score (nSPS) is 15.9. The summed E-state index contributed by atoms with van der Waals surface area (Å²) in [6.07, 6.45) is 4.64. The number of fused-ring (bicyclic) bond motifs is 1. The van der Waals surface area contributed by atoms with Crippen molar-refractivity contribution in [3.63, 3.8) is 0 Å². The number of hydrogen-bond acceptors (Lipinski definition) is 5. The smallest absolute Gasteiger partial charge is 0.258 e. The van der Waals surface area contributed by atoms with Crippen LogP contribution in [0.4, 0.5) is 0 Å². The molecule has 0 fully saturated rings. The first-order valence-corrected chi connectivity index (χ1v) is 8.63. The Labute approximate surface area is 151 Å². The number of carbonyl (C=O) groups is 1. The van der Waals surface area contributed by atoms with Gasteiger partial charge in [0.25, 0.3) is 5.91 Å². The number of hydrogen-bond donors (Lipinski definition) is 1. The fourth-order valence-corrected chi connectivity index (χ4v) is 3.26. The predicted molar refractivity (Wildman–Crippen MR) is 94.9 cm³/mol. The van der Waals surface area contributed by atoms with Crippen LogP contribution < -0.4 is 10.1 Å². The van der Waals surface area contributed by atoms with Crippen LogP contribution in [0.25, 0.3) is 5.69 Å². The van der Waals surface area contributed by atoms with Crippen LogP contribution in [0.5, 0.6) is 5.75 Å². The number of tetrazole rings is 1. The molecule has 0 saturated heterocycles. The standard InChI is InChI=1S/C19H19N5O2/c25-19(21-18-7-3-5-14-4-1-2-6-17(14)18)12-26-16-10-8-15(9-11-16)24-13-20-22-23-24/h1-2,4,6,8-11,13,18H,3,5,7,12H2,(H,21,25)/t18-/m0/s1. The Morgan fingerprint density at radius 1 is 1.19 bits per heavy atom. The van der Waals surface area contributed by atoms with Crippen molar-refractivity contribution in [1.29, 1.82) is 0 Å². The summed E-state index contributed by atoms with van der Waals surface area (Å²) in [4.78, 5) is 12.3. The zero-order valence-corrected chi connectivity index (χ0v) is 14.2. The van der Waals surface area contributed by atoms with Crippen LogP contribution in [0.2, 0.25) is 0 Å². The maximum Gasteiger partial charge on any atom is 0.258 e. The Kier molecular flexibility index (Phi) is 4.59. The van der Waals surface area contributed by atoms with E-state index in [-0.39, 0.29) is 18.6 Å². The number of nitrogens with zero attached hydrogens (tertiary/aromatic N) is 4. The highest BCUT2D eigenvalue weighted by Crippen LogP contribution is 2.29. The lowest BCUT2D eigenvalue weighted by molar-refractivity contribution is -0.123. The van der Waals surface area contributed by atoms with Crippen LogP contribution in [0.3, 0.4) is 0 Å². The molecule has 26 heavy (non-hydrogen) atoms. The van der Waals surface area contributed by atoms with E-state index in [2.05, 4.69) is 33.0 Å². The molecule has 1 aromatic heterocycles. The third-order valence-corrected chi connectivity index (χ3v) is 4.52. The van der Waals surface area contributed by atoms with Crippen LogP contribution in [0.1, 0.15) is 30.0 Å². The molecule has 0 bridgehead atoms. The number of aryl methyl sites for hydroxylation is 1. The van der Waals surface area contributed by atoms with Gasteiger partial charge in [0.2, 0.25) is 0 Å². The molecular weight excluding hydrogens is 330 g/mol. The summed E-state index contributed by atoms with van der Waals surface area (Å²) < 4.78 is 7.15. The largest absolute Gasteiger partial charge is 0.484 e. The minimum absolute atomic E-state index is 0.0110. The Morgan fingerprint density at radius 2 is 2.04 bits per heavy atom. The van der Waals surface area contributed by atoms with Crippen molar-refractivity contribution in [2.24, 2.45) is 0 Å². The molecule has 132 valence electrons. The Morgan fingerprint density at radius 3 is 2.85 bits per heavy atom. The van der Waals surface area contributed by atoms with Gasteiger partial charge in [0.05, 0.1) is 11.7 Å². The number of ether oxygens (including phenoxy) is 1. The first kappa shape index (κ1) is 16.3. The van der Waals surface area contributed by atoms with E-state index in [0.717, 1.165) is 24.9 Å². The lowest BCUT2D eigenvalue weighted by atomic mass is 9.88. The average molecular weight is 349 g/mol. The van der Waals surface area contributed by atoms with Gasteiger partial charge in [0.1, 0.15) is 12.1 Å². The highest BCUT2D eigenvalue weighted by Gasteiger charge is 2.21. The molecule has 3 aromatic rings. The lowest BCUT2D eigenvalue weighted by Crippen LogP contribution is -2.34. The van der Waals surface area contributed by atoms with Gasteiger partial charge in [-0.25, -0.2) is 4.68 Å². The van der Waals surface area contributed by atoms with Gasteiger partial charge < -0.3 is 10.1 Å². The quantitative estimate of drug-likeness (QED) is 0.764. The van der Waals surface area contributed by atoms with Crippen LogP contribution in [0.15, 0.2) is 54.9 Å². The van der Waals surface area contributed by atoms with E-state index < -0.39 is 0 Å². The molecule has 7 nitrogen and oxygen atoms in total. The summed E-state index contributed by atoms with van der Waals surface area (Å²) in [5, 5.41) is 14.1. The van der Waals surface area contributed by atoms with Crippen molar-refractivity contribution >= 4 is 5.91 Å². The van der Waals surface area contributed by atoms with Gasteiger partial charge in [-0.1, -0.05) is 24.3 Å². The van der Waals surface area contributed by atoms with Gasteiger partial charge in [-0.05, 0) is 65.1 Å². The van der Waals surface area contributed by atoms with Crippen LogP contribution in [-0.2, 0) is 11.2 Å². The van der Waals surface area contributed by atoms with E-state index in [1.165, 1.54) is 17.5 Å². The molecule has 0 saturated carbocycles. The zero-order chi connectivity index (χ0) is 17.8. The maximum absolute atomic E-state index is 12.3. The second-order valence-corrected chi connectivity index (χ2v) is 6.25. The molecule has 1 amide bonds. The summed E-state index contributed by atoms with van der Waals surface area (Å²) in [5.41, 5.74) is 3.37. The van der Waals surface area contributed by atoms with Crippen molar-refractivity contribution in [3.05, 3.63) is 66.0 Å². The van der Waals surface area contributed by atoms with Crippen molar-refractivity contribution in [1.82, 2.24) is 25.5 Å². The van der Waals surface area contributed by atoms with Crippen LogP contribution in [0, 0.1) is 0 Å². The minimum atomic E-state index is -0.115. The maximum atomic E-state index is 12.3. The molecular formula is C19H19N5O2. The van der Waals surface area contributed by atoms with Crippen LogP contribution in [-0.4, -0.2) is 32.7 Å². The van der Waals surface area contributed by atoms with Gasteiger partial charge >= 0.3 is 0 Å². The number of benzene rings is 2. The zero-order valence-electron chi connectivity index (χ0n) is 14.2. The average Bonchev–Trinajstić information content (AvgIpc) is 3.22. The van der Waals surface area contributed by atoms with Crippen molar-refractivity contribution in [3.8, 4) is 11.4 Å². The molecule has 1 atom stereocenters. The van der Waals surface area contributed by atoms with E-state index in [1.807, 2.05) is 24.3 Å². The van der Waals surface area contributed by atoms with E-state index in [4.69, 9.17) is 4.74 Å². The fraction of sp³-hybridized carbons (Fsp3) is 0.263. The van der Waals surface area contributed by atoms with Crippen molar-refractivity contribution in [2.75, 3.05) is 6.61 Å². The first-order valence-electron chi connectivity index (χ1n) is 8.63. The predicted octanol–water partition coefficient (Wildman–Crippen LogP) is 2.23. The van der Waals surface area contributed by atoms with Gasteiger partial charge in [-0.15, -0.1) is 5.10 Å². The van der Waals surface area contributed by atoms with E-state index in [1.54, 1.807) is 16.8 Å². The minimum Gasteiger partial charge on any atom is -0.484 e. The second kappa shape index (κ2) is 7.35. The summed E-state index contributed by atoms with van der Waals surface area (Å²) in [6.45, 7) is -0.0110. The molecule has 0 unspecified atom stereocenters. The topological polar surface area (TPSA) is 81.9 Å². The third-order valence-electron chi connectivity index (χ3n) is 4.52. The van der Waals surface area contributed by atoms with E-state index >= 15 is 0 Å². The van der Waals surface area contributed by atoms with Gasteiger partial charge in [0, 0.05) is 0 Å². The molecule has 0 spiro atoms. The number of amides is 1. The SMILES string of the molecule is O=C(COc1ccc(-n2cnnn2)cc1)N[C@H]1CCCc2ccccc21. The highest BCUT2D eigenvalue weighted by atomic mass is 16.5. The van der Waals surface area contributed by atoms with Crippen molar-refractivity contribution < 1.29 is 9.53 Å². The lowest BCUT2D eigenvalue weighted by Gasteiger charge is -2.26. The Hall–Kier alpha value is -3.22. The first-order chi connectivity index (χ1) is 12.8.